The number of aryl methyl sites for hydroxylation is 2. The molecular formula is C21H30Cl3N5O3. The van der Waals surface area contributed by atoms with E-state index in [1.54, 1.807) is 6.92 Å². The molecular weight excluding hydrogens is 477 g/mol. The summed E-state index contributed by atoms with van der Waals surface area (Å²) in [5.74, 6) is 5.11. The van der Waals surface area contributed by atoms with Gasteiger partial charge in [-0.25, -0.2) is 10.6 Å². The van der Waals surface area contributed by atoms with Gasteiger partial charge in [-0.05, 0) is 36.1 Å². The second-order valence-corrected chi connectivity index (χ2v) is 7.04. The van der Waals surface area contributed by atoms with Crippen LogP contribution in [-0.4, -0.2) is 48.1 Å². The number of amides is 2. The first-order valence-corrected chi connectivity index (χ1v) is 9.72. The minimum atomic E-state index is -0.649. The molecule has 2 aromatic rings. The molecule has 0 bridgehead atoms. The molecule has 1 saturated heterocycles. The molecule has 3 rings (SSSR count). The number of nitrogens with one attached hydrogen (secondary N) is 1. The fourth-order valence-corrected chi connectivity index (χ4v) is 3.30. The Bertz CT molecular complexity index is 830. The van der Waals surface area contributed by atoms with Crippen molar-refractivity contribution in [2.24, 2.45) is 5.84 Å². The number of anilines is 1. The number of carbonyl (C=O) groups excluding carboxylic acids is 2. The predicted octanol–water partition coefficient (Wildman–Crippen LogP) is 2.90. The van der Waals surface area contributed by atoms with E-state index >= 15 is 0 Å². The van der Waals surface area contributed by atoms with Gasteiger partial charge < -0.3 is 14.5 Å². The van der Waals surface area contributed by atoms with Crippen LogP contribution in [-0.2, 0) is 29.0 Å². The first kappa shape index (κ1) is 29.7. The Hall–Kier alpha value is -2.26. The Morgan fingerprint density at radius 3 is 2.12 bits per heavy atom. The number of nitrogens with zero attached hydrogens (tertiary/aromatic N) is 3. The predicted molar refractivity (Wildman–Crippen MR) is 132 cm³/mol. The Balaban J connectivity index is 0.00000320. The fraction of sp³-hybridized carbons (Fsp3) is 0.381. The first-order chi connectivity index (χ1) is 14.0. The first-order valence-electron chi connectivity index (χ1n) is 9.72. The molecule has 178 valence electrons. The maximum Gasteiger partial charge on any atom is 0.421 e. The number of ether oxygens (including phenoxy) is 1. The van der Waals surface area contributed by atoms with Crippen molar-refractivity contribution in [1.82, 2.24) is 15.3 Å². The van der Waals surface area contributed by atoms with Crippen molar-refractivity contribution in [2.75, 3.05) is 31.1 Å². The van der Waals surface area contributed by atoms with Crippen LogP contribution in [0.3, 0.4) is 0 Å². The summed E-state index contributed by atoms with van der Waals surface area (Å²) in [6, 6.07) is 12.1. The maximum atomic E-state index is 11.4. The van der Waals surface area contributed by atoms with Crippen molar-refractivity contribution in [2.45, 2.75) is 26.4 Å². The molecule has 1 fully saturated rings. The number of benzene rings is 1. The van der Waals surface area contributed by atoms with Crippen LogP contribution in [0.4, 0.5) is 10.5 Å². The highest BCUT2D eigenvalue weighted by molar-refractivity contribution is 5.86. The summed E-state index contributed by atoms with van der Waals surface area (Å²) in [7, 11) is 0. The molecule has 8 nitrogen and oxygen atoms in total. The van der Waals surface area contributed by atoms with Crippen LogP contribution in [0.5, 0.6) is 0 Å². The average Bonchev–Trinajstić information content (AvgIpc) is 2.77. The molecule has 0 aliphatic carbocycles. The number of rotatable bonds is 6. The summed E-state index contributed by atoms with van der Waals surface area (Å²) in [6.45, 7) is 5.00. The van der Waals surface area contributed by atoms with E-state index in [-0.39, 0.29) is 49.7 Å². The lowest BCUT2D eigenvalue weighted by Crippen LogP contribution is -2.48. The van der Waals surface area contributed by atoms with E-state index in [0.29, 0.717) is 0 Å². The lowest BCUT2D eigenvalue weighted by Gasteiger charge is -2.35. The Morgan fingerprint density at radius 1 is 0.969 bits per heavy atom. The standard InChI is InChI=1S/C21H27N5O3.3ClH/c1-16(27)25-10-12-26(13-11-25)20-9-8-19(23-14-20)7-6-17-2-4-18(5-3-17)15-29-21(28)24-22;;;/h2-5,8-9,14H,6-7,10-13,15,22H2,1H3,(H,24,28);3*1H. The number of hydrazine groups is 1. The van der Waals surface area contributed by atoms with Crippen molar-refractivity contribution < 1.29 is 14.3 Å². The molecule has 2 amide bonds. The summed E-state index contributed by atoms with van der Waals surface area (Å²) < 4.78 is 4.92. The number of hydrogen-bond donors (Lipinski definition) is 2. The molecule has 0 atom stereocenters. The van der Waals surface area contributed by atoms with Crippen molar-refractivity contribution in [3.63, 3.8) is 0 Å². The molecule has 1 aliphatic rings. The van der Waals surface area contributed by atoms with Gasteiger partial charge in [0.05, 0.1) is 11.9 Å². The minimum Gasteiger partial charge on any atom is -0.444 e. The van der Waals surface area contributed by atoms with E-state index in [0.717, 1.165) is 56.0 Å². The molecule has 2 heterocycles. The van der Waals surface area contributed by atoms with Crippen molar-refractivity contribution in [3.8, 4) is 0 Å². The molecule has 11 heteroatoms. The Labute approximate surface area is 207 Å². The third-order valence-corrected chi connectivity index (χ3v) is 5.08. The Kier molecular flexibility index (Phi) is 13.7. The molecule has 0 unspecified atom stereocenters. The second kappa shape index (κ2) is 14.7. The highest BCUT2D eigenvalue weighted by atomic mass is 35.5. The Morgan fingerprint density at radius 2 is 1.59 bits per heavy atom. The molecule has 32 heavy (non-hydrogen) atoms. The van der Waals surface area contributed by atoms with Gasteiger partial charge in [0.2, 0.25) is 5.91 Å². The largest absolute Gasteiger partial charge is 0.444 e. The second-order valence-electron chi connectivity index (χ2n) is 7.04. The third kappa shape index (κ3) is 8.70. The maximum absolute atomic E-state index is 11.4. The van der Waals surface area contributed by atoms with Crippen LogP contribution in [0.1, 0.15) is 23.7 Å². The van der Waals surface area contributed by atoms with Crippen LogP contribution in [0.15, 0.2) is 42.6 Å². The van der Waals surface area contributed by atoms with Gasteiger partial charge >= 0.3 is 6.09 Å². The highest BCUT2D eigenvalue weighted by Crippen LogP contribution is 2.17. The summed E-state index contributed by atoms with van der Waals surface area (Å²) >= 11 is 0. The highest BCUT2D eigenvalue weighted by Gasteiger charge is 2.18. The van der Waals surface area contributed by atoms with Gasteiger partial charge in [0.1, 0.15) is 6.61 Å². The van der Waals surface area contributed by atoms with Gasteiger partial charge in [-0.1, -0.05) is 24.3 Å². The third-order valence-electron chi connectivity index (χ3n) is 5.08. The zero-order chi connectivity index (χ0) is 20.6. The fourth-order valence-electron chi connectivity index (χ4n) is 3.30. The van der Waals surface area contributed by atoms with Gasteiger partial charge in [-0.3, -0.25) is 15.2 Å². The molecule has 3 N–H and O–H groups in total. The van der Waals surface area contributed by atoms with E-state index in [2.05, 4.69) is 22.0 Å². The number of aromatic nitrogens is 1. The zero-order valence-corrected chi connectivity index (χ0v) is 20.3. The molecule has 1 aliphatic heterocycles. The number of halogens is 3. The van der Waals surface area contributed by atoms with Gasteiger partial charge in [0.25, 0.3) is 0 Å². The number of nitrogens with two attached hydrogens (primary N) is 1. The normalized spacial score (nSPS) is 12.6. The summed E-state index contributed by atoms with van der Waals surface area (Å²) in [5.41, 5.74) is 6.18. The van der Waals surface area contributed by atoms with E-state index in [1.807, 2.05) is 40.8 Å². The number of carbonyl (C=O) groups is 2. The minimum absolute atomic E-state index is 0. The van der Waals surface area contributed by atoms with Crippen LogP contribution in [0.2, 0.25) is 0 Å². The van der Waals surface area contributed by atoms with Crippen LogP contribution in [0.25, 0.3) is 0 Å². The van der Waals surface area contributed by atoms with Crippen LogP contribution < -0.4 is 16.2 Å². The van der Waals surface area contributed by atoms with Crippen molar-refractivity contribution >= 4 is 54.9 Å². The van der Waals surface area contributed by atoms with Gasteiger partial charge in [-0.2, -0.15) is 0 Å². The summed E-state index contributed by atoms with van der Waals surface area (Å²) in [5, 5.41) is 0. The van der Waals surface area contributed by atoms with Crippen molar-refractivity contribution in [1.29, 1.82) is 0 Å². The summed E-state index contributed by atoms with van der Waals surface area (Å²) in [4.78, 5) is 31.2. The smallest absolute Gasteiger partial charge is 0.421 e. The molecule has 0 saturated carbocycles. The molecule has 0 radical (unpaired) electrons. The van der Waals surface area contributed by atoms with E-state index in [1.165, 1.54) is 5.56 Å². The molecule has 0 spiro atoms. The lowest BCUT2D eigenvalue weighted by atomic mass is 10.1. The number of piperazine rings is 1. The topological polar surface area (TPSA) is 101 Å². The SMILES string of the molecule is CC(=O)N1CCN(c2ccc(CCc3ccc(COC(=O)NN)cc3)nc2)CC1.Cl.Cl.Cl. The van der Waals surface area contributed by atoms with Gasteiger partial charge in [0, 0.05) is 38.8 Å². The van der Waals surface area contributed by atoms with Gasteiger partial charge in [-0.15, -0.1) is 37.2 Å². The quantitative estimate of drug-likeness (QED) is 0.355. The zero-order valence-electron chi connectivity index (χ0n) is 17.9. The van der Waals surface area contributed by atoms with E-state index in [4.69, 9.17) is 10.6 Å². The number of hydrogen-bond acceptors (Lipinski definition) is 6. The van der Waals surface area contributed by atoms with Gasteiger partial charge in [0.15, 0.2) is 0 Å². The van der Waals surface area contributed by atoms with E-state index in [9.17, 15) is 9.59 Å². The van der Waals surface area contributed by atoms with Crippen LogP contribution in [0, 0.1) is 0 Å². The molecule has 1 aromatic carbocycles. The lowest BCUT2D eigenvalue weighted by molar-refractivity contribution is -0.129. The number of pyridine rings is 1. The van der Waals surface area contributed by atoms with Crippen LogP contribution >= 0.6 is 37.2 Å². The summed E-state index contributed by atoms with van der Waals surface area (Å²) in [6.07, 6.45) is 3.00. The average molecular weight is 507 g/mol. The van der Waals surface area contributed by atoms with Crippen molar-refractivity contribution in [3.05, 3.63) is 59.4 Å². The monoisotopic (exact) mass is 505 g/mol. The molecule has 1 aromatic heterocycles. The van der Waals surface area contributed by atoms with E-state index < -0.39 is 6.09 Å².